The number of amides is 1. The van der Waals surface area contributed by atoms with Crippen molar-refractivity contribution in [3.05, 3.63) is 48.6 Å². The largest absolute Gasteiger partial charge is 0.472 e. The first-order valence-corrected chi connectivity index (χ1v) is 20.5. The maximum absolute atomic E-state index is 12.8. The molecule has 0 saturated heterocycles. The van der Waals surface area contributed by atoms with Gasteiger partial charge < -0.3 is 19.8 Å². The number of hydrogen-bond acceptors (Lipinski definition) is 5. The molecule has 1 amide bonds. The van der Waals surface area contributed by atoms with E-state index in [1.807, 2.05) is 21.1 Å². The third kappa shape index (κ3) is 33.0. The lowest BCUT2D eigenvalue weighted by atomic mass is 10.0. The summed E-state index contributed by atoms with van der Waals surface area (Å²) in [6.45, 7) is 4.70. The Hall–Kier alpha value is -1.54. The van der Waals surface area contributed by atoms with E-state index < -0.39 is 20.0 Å². The number of aliphatic hydroxyl groups excluding tert-OH is 1. The highest BCUT2D eigenvalue weighted by Crippen LogP contribution is 2.43. The van der Waals surface area contributed by atoms with E-state index in [1.165, 1.54) is 51.4 Å². The summed E-state index contributed by atoms with van der Waals surface area (Å²) in [5.74, 6) is -0.189. The number of quaternary nitrogens is 1. The molecule has 3 N–H and O–H groups in total. The highest BCUT2D eigenvalue weighted by molar-refractivity contribution is 7.47. The topological polar surface area (TPSA) is 105 Å². The van der Waals surface area contributed by atoms with Gasteiger partial charge in [-0.1, -0.05) is 133 Å². The standard InChI is InChI=1S/C39H73N2O6P/c1-6-8-10-12-14-16-18-19-20-21-23-25-27-29-31-33-39(43)40-37(36-47-48(44,45)46-35-34-41(3,4)5)38(42)32-30-28-26-24-22-17-15-13-11-9-7-2/h8,10,14,16,19-20,23,25,37-38,42H,6-7,9,11-13,15,17-18,21-22,24,26-36H2,1-5H3,(H-,40,43,44,45)/p+1/b10-8-,16-14-,20-19-,25-23-. The lowest BCUT2D eigenvalue weighted by Gasteiger charge is -2.26. The zero-order valence-electron chi connectivity index (χ0n) is 31.5. The molecule has 0 radical (unpaired) electrons. The molecule has 48 heavy (non-hydrogen) atoms. The Balaban J connectivity index is 4.56. The summed E-state index contributed by atoms with van der Waals surface area (Å²) in [6, 6.07) is -0.780. The number of rotatable bonds is 33. The molecule has 0 rings (SSSR count). The normalized spacial score (nSPS) is 15.2. The molecule has 9 heteroatoms. The van der Waals surface area contributed by atoms with Gasteiger partial charge in [0.25, 0.3) is 0 Å². The van der Waals surface area contributed by atoms with E-state index in [-0.39, 0.29) is 19.1 Å². The number of nitrogens with one attached hydrogen (secondary N) is 1. The van der Waals surface area contributed by atoms with Crippen LogP contribution in [0.1, 0.15) is 142 Å². The lowest BCUT2D eigenvalue weighted by molar-refractivity contribution is -0.870. The Morgan fingerprint density at radius 1 is 0.729 bits per heavy atom. The first-order valence-electron chi connectivity index (χ1n) is 19.0. The average molecular weight is 698 g/mol. The molecule has 0 aliphatic heterocycles. The molecule has 0 fully saturated rings. The van der Waals surface area contributed by atoms with Crippen molar-refractivity contribution in [1.82, 2.24) is 5.32 Å². The zero-order valence-corrected chi connectivity index (χ0v) is 32.4. The third-order valence-electron chi connectivity index (χ3n) is 8.09. The minimum Gasteiger partial charge on any atom is -0.391 e. The van der Waals surface area contributed by atoms with Crippen LogP contribution in [0.4, 0.5) is 0 Å². The summed E-state index contributed by atoms with van der Waals surface area (Å²) in [5, 5.41) is 13.8. The number of unbranched alkanes of at least 4 members (excludes halogenated alkanes) is 12. The van der Waals surface area contributed by atoms with Gasteiger partial charge in [0.15, 0.2) is 0 Å². The van der Waals surface area contributed by atoms with Gasteiger partial charge in [-0.2, -0.15) is 0 Å². The van der Waals surface area contributed by atoms with Gasteiger partial charge >= 0.3 is 7.82 Å². The predicted octanol–water partition coefficient (Wildman–Crippen LogP) is 9.74. The Labute approximate surface area is 295 Å². The summed E-state index contributed by atoms with van der Waals surface area (Å²) in [7, 11) is 1.58. The smallest absolute Gasteiger partial charge is 0.391 e. The number of allylic oxidation sites excluding steroid dienone is 8. The number of nitrogens with zero attached hydrogens (tertiary/aromatic N) is 1. The molecule has 0 saturated carbocycles. The number of hydrogen-bond donors (Lipinski definition) is 3. The molecule has 0 aromatic heterocycles. The van der Waals surface area contributed by atoms with E-state index in [9.17, 15) is 19.4 Å². The summed E-state index contributed by atoms with van der Waals surface area (Å²) < 4.78 is 23.5. The zero-order chi connectivity index (χ0) is 35.8. The first-order chi connectivity index (χ1) is 23.0. The number of likely N-dealkylation sites (N-methyl/N-ethyl adjacent to an activating group) is 1. The van der Waals surface area contributed by atoms with Crippen molar-refractivity contribution in [2.24, 2.45) is 0 Å². The molecule has 0 aliphatic carbocycles. The van der Waals surface area contributed by atoms with E-state index in [2.05, 4.69) is 67.8 Å². The second-order valence-corrected chi connectivity index (χ2v) is 15.4. The van der Waals surface area contributed by atoms with E-state index in [0.717, 1.165) is 64.2 Å². The molecule has 3 unspecified atom stereocenters. The molecule has 280 valence electrons. The fourth-order valence-corrected chi connectivity index (χ4v) is 5.77. The van der Waals surface area contributed by atoms with Crippen molar-refractivity contribution >= 4 is 13.7 Å². The van der Waals surface area contributed by atoms with Crippen LogP contribution < -0.4 is 5.32 Å². The van der Waals surface area contributed by atoms with Gasteiger partial charge in [0.1, 0.15) is 13.2 Å². The second kappa shape index (κ2) is 31.4. The van der Waals surface area contributed by atoms with E-state index in [4.69, 9.17) is 9.05 Å². The van der Waals surface area contributed by atoms with Crippen molar-refractivity contribution in [3.8, 4) is 0 Å². The van der Waals surface area contributed by atoms with Crippen molar-refractivity contribution in [3.63, 3.8) is 0 Å². The predicted molar refractivity (Wildman–Crippen MR) is 203 cm³/mol. The van der Waals surface area contributed by atoms with Crippen LogP contribution in [-0.2, 0) is 18.4 Å². The van der Waals surface area contributed by atoms with Gasteiger partial charge in [0.05, 0.1) is 39.9 Å². The Bertz CT molecular complexity index is 928. The fourth-order valence-electron chi connectivity index (χ4n) is 5.03. The minimum atomic E-state index is -4.32. The van der Waals surface area contributed by atoms with Gasteiger partial charge in [-0.3, -0.25) is 13.8 Å². The molecule has 0 aromatic carbocycles. The molecule has 0 heterocycles. The van der Waals surface area contributed by atoms with Gasteiger partial charge in [0.2, 0.25) is 5.91 Å². The van der Waals surface area contributed by atoms with Gasteiger partial charge in [-0.05, 0) is 51.4 Å². The van der Waals surface area contributed by atoms with Crippen LogP contribution in [0.2, 0.25) is 0 Å². The van der Waals surface area contributed by atoms with Crippen LogP contribution in [0.15, 0.2) is 48.6 Å². The summed E-state index contributed by atoms with van der Waals surface area (Å²) in [4.78, 5) is 23.0. The van der Waals surface area contributed by atoms with Crippen molar-refractivity contribution < 1.29 is 32.9 Å². The third-order valence-corrected chi connectivity index (χ3v) is 9.08. The monoisotopic (exact) mass is 698 g/mol. The summed E-state index contributed by atoms with van der Waals surface area (Å²) >= 11 is 0. The fraction of sp³-hybridized carbons (Fsp3) is 0.769. The van der Waals surface area contributed by atoms with E-state index in [0.29, 0.717) is 23.9 Å². The first kappa shape index (κ1) is 46.5. The van der Waals surface area contributed by atoms with Gasteiger partial charge in [-0.25, -0.2) is 4.57 Å². The molecule has 3 atom stereocenters. The average Bonchev–Trinajstić information content (AvgIpc) is 3.02. The van der Waals surface area contributed by atoms with Crippen molar-refractivity contribution in [1.29, 1.82) is 0 Å². The number of phosphoric ester groups is 1. The van der Waals surface area contributed by atoms with Crippen LogP contribution in [0, 0.1) is 0 Å². The van der Waals surface area contributed by atoms with Crippen LogP contribution in [-0.4, -0.2) is 73.4 Å². The number of carbonyl (C=O) groups is 1. The second-order valence-electron chi connectivity index (χ2n) is 13.9. The molecular weight excluding hydrogens is 623 g/mol. The van der Waals surface area contributed by atoms with Crippen LogP contribution in [0.5, 0.6) is 0 Å². The van der Waals surface area contributed by atoms with Gasteiger partial charge in [-0.15, -0.1) is 0 Å². The number of phosphoric acid groups is 1. The highest BCUT2D eigenvalue weighted by Gasteiger charge is 2.28. The van der Waals surface area contributed by atoms with Crippen LogP contribution in [0.3, 0.4) is 0 Å². The van der Waals surface area contributed by atoms with E-state index >= 15 is 0 Å². The van der Waals surface area contributed by atoms with Crippen molar-refractivity contribution in [2.45, 2.75) is 154 Å². The highest BCUT2D eigenvalue weighted by atomic mass is 31.2. The SMILES string of the molecule is CC/C=C\C/C=C\C/C=C\C/C=C\CCCCC(=O)NC(COP(=O)(O)OCC[N+](C)(C)C)C(O)CCCCCCCCCCCCC. The summed E-state index contributed by atoms with van der Waals surface area (Å²) in [6.07, 6.45) is 37.1. The molecule has 0 spiro atoms. The molecule has 0 aliphatic rings. The molecule has 0 aromatic rings. The maximum Gasteiger partial charge on any atom is 0.472 e. The van der Waals surface area contributed by atoms with Gasteiger partial charge in [0, 0.05) is 6.42 Å². The van der Waals surface area contributed by atoms with E-state index in [1.54, 1.807) is 0 Å². The maximum atomic E-state index is 12.8. The Morgan fingerprint density at radius 2 is 1.25 bits per heavy atom. The summed E-state index contributed by atoms with van der Waals surface area (Å²) in [5.41, 5.74) is 0. The van der Waals surface area contributed by atoms with Crippen LogP contribution >= 0.6 is 7.82 Å². The number of carbonyl (C=O) groups excluding carboxylic acids is 1. The molecular formula is C39H74N2O6P+. The minimum absolute atomic E-state index is 0.0644. The van der Waals surface area contributed by atoms with Crippen molar-refractivity contribution in [2.75, 3.05) is 40.9 Å². The molecule has 0 bridgehead atoms. The quantitative estimate of drug-likeness (QED) is 0.0273. The molecule has 8 nitrogen and oxygen atoms in total. The lowest BCUT2D eigenvalue weighted by Crippen LogP contribution is -2.46. The Kier molecular flexibility index (Phi) is 30.4. The van der Waals surface area contributed by atoms with Crippen LogP contribution in [0.25, 0.3) is 0 Å². The Morgan fingerprint density at radius 3 is 1.79 bits per heavy atom. The number of aliphatic hydroxyl groups is 1.